The minimum Gasteiger partial charge on any atom is -0.491 e. The standard InChI is InChI=1S/C26H30N4O6/c1-18-16-23(26(33)28-22(24(31)25(27)32)17-19-6-4-3-5-7-19)30(29-18)20-8-10-21(11-9-20)36-15-14-35-13-12-34-2/h3-11,16,22H,12-15,17H2,1-2H3,(H2,27,32)(H,28,33). The maximum absolute atomic E-state index is 13.2. The van der Waals surface area contributed by atoms with Gasteiger partial charge in [-0.3, -0.25) is 14.4 Å². The molecule has 1 atom stereocenters. The third-order valence-electron chi connectivity index (χ3n) is 5.22. The van der Waals surface area contributed by atoms with E-state index in [9.17, 15) is 14.4 Å². The first-order valence-electron chi connectivity index (χ1n) is 11.4. The molecule has 1 unspecified atom stereocenters. The fraction of sp³-hybridized carbons (Fsp3) is 0.308. The topological polar surface area (TPSA) is 135 Å². The van der Waals surface area contributed by atoms with Crippen molar-refractivity contribution >= 4 is 17.6 Å². The molecule has 0 aliphatic carbocycles. The van der Waals surface area contributed by atoms with Gasteiger partial charge in [-0.2, -0.15) is 5.10 Å². The van der Waals surface area contributed by atoms with Crippen molar-refractivity contribution in [2.45, 2.75) is 19.4 Å². The number of rotatable bonds is 14. The number of nitrogens with zero attached hydrogens (tertiary/aromatic N) is 2. The van der Waals surface area contributed by atoms with Crippen LogP contribution in [-0.4, -0.2) is 67.0 Å². The second kappa shape index (κ2) is 13.2. The second-order valence-electron chi connectivity index (χ2n) is 7.97. The van der Waals surface area contributed by atoms with E-state index in [1.54, 1.807) is 56.5 Å². The molecule has 1 aromatic heterocycles. The van der Waals surface area contributed by atoms with Crippen molar-refractivity contribution < 1.29 is 28.6 Å². The zero-order valence-corrected chi connectivity index (χ0v) is 20.3. The predicted octanol–water partition coefficient (Wildman–Crippen LogP) is 1.62. The minimum absolute atomic E-state index is 0.128. The number of primary amides is 1. The van der Waals surface area contributed by atoms with E-state index in [1.807, 2.05) is 18.2 Å². The number of Topliss-reactive ketones (excluding diaryl/α,β-unsaturated/α-hetero) is 1. The Morgan fingerprint density at radius 3 is 2.36 bits per heavy atom. The van der Waals surface area contributed by atoms with Gasteiger partial charge in [0.25, 0.3) is 11.8 Å². The fourth-order valence-corrected chi connectivity index (χ4v) is 3.47. The van der Waals surface area contributed by atoms with Crippen LogP contribution in [0, 0.1) is 6.92 Å². The minimum atomic E-state index is -1.11. The van der Waals surface area contributed by atoms with E-state index in [2.05, 4.69) is 10.4 Å². The molecule has 1 heterocycles. The average Bonchev–Trinajstić information content (AvgIpc) is 3.28. The van der Waals surface area contributed by atoms with Gasteiger partial charge >= 0.3 is 0 Å². The number of aryl methyl sites for hydroxylation is 1. The Kier molecular flexibility index (Phi) is 9.73. The van der Waals surface area contributed by atoms with Crippen molar-refractivity contribution in [3.05, 3.63) is 77.6 Å². The van der Waals surface area contributed by atoms with E-state index < -0.39 is 23.6 Å². The second-order valence-corrected chi connectivity index (χ2v) is 7.97. The quantitative estimate of drug-likeness (QED) is 0.257. The lowest BCUT2D eigenvalue weighted by molar-refractivity contribution is -0.137. The first-order valence-corrected chi connectivity index (χ1v) is 11.4. The highest BCUT2D eigenvalue weighted by Gasteiger charge is 2.27. The van der Waals surface area contributed by atoms with Crippen LogP contribution in [0.4, 0.5) is 0 Å². The monoisotopic (exact) mass is 494 g/mol. The number of nitrogens with one attached hydrogen (secondary N) is 1. The molecule has 0 aliphatic heterocycles. The Hall–Kier alpha value is -4.02. The Morgan fingerprint density at radius 1 is 1.00 bits per heavy atom. The molecule has 2 aromatic carbocycles. The third kappa shape index (κ3) is 7.49. The van der Waals surface area contributed by atoms with Crippen LogP contribution in [0.1, 0.15) is 21.7 Å². The molecular formula is C26H30N4O6. The van der Waals surface area contributed by atoms with Crippen LogP contribution in [0.15, 0.2) is 60.7 Å². The summed E-state index contributed by atoms with van der Waals surface area (Å²) < 4.78 is 17.4. The Bertz CT molecular complexity index is 1160. The number of amides is 2. The van der Waals surface area contributed by atoms with Gasteiger partial charge in [-0.15, -0.1) is 0 Å². The van der Waals surface area contributed by atoms with Crippen LogP contribution in [0.3, 0.4) is 0 Å². The van der Waals surface area contributed by atoms with E-state index in [-0.39, 0.29) is 12.1 Å². The molecule has 10 heteroatoms. The lowest BCUT2D eigenvalue weighted by atomic mass is 10.0. The molecule has 36 heavy (non-hydrogen) atoms. The summed E-state index contributed by atoms with van der Waals surface area (Å²) in [4.78, 5) is 37.2. The summed E-state index contributed by atoms with van der Waals surface area (Å²) in [5.41, 5.74) is 7.45. The molecule has 0 radical (unpaired) electrons. The largest absolute Gasteiger partial charge is 0.491 e. The predicted molar refractivity (Wildman–Crippen MR) is 132 cm³/mol. The Labute approximate surface area is 209 Å². The van der Waals surface area contributed by atoms with Crippen molar-refractivity contribution in [1.29, 1.82) is 0 Å². The maximum atomic E-state index is 13.2. The van der Waals surface area contributed by atoms with Gasteiger partial charge in [0.05, 0.1) is 31.2 Å². The number of hydrogen-bond acceptors (Lipinski definition) is 7. The van der Waals surface area contributed by atoms with Crippen molar-refractivity contribution in [3.63, 3.8) is 0 Å². The summed E-state index contributed by atoms with van der Waals surface area (Å²) in [7, 11) is 1.61. The molecule has 3 rings (SSSR count). The molecule has 2 amide bonds. The van der Waals surface area contributed by atoms with Crippen LogP contribution in [0.25, 0.3) is 5.69 Å². The van der Waals surface area contributed by atoms with Gasteiger partial charge in [0.15, 0.2) is 0 Å². The van der Waals surface area contributed by atoms with Crippen molar-refractivity contribution in [2.24, 2.45) is 5.73 Å². The SMILES string of the molecule is COCCOCCOc1ccc(-n2nc(C)cc2C(=O)NC(Cc2ccccc2)C(=O)C(N)=O)cc1. The van der Waals surface area contributed by atoms with Crippen LogP contribution in [0.5, 0.6) is 5.75 Å². The summed E-state index contributed by atoms with van der Waals surface area (Å²) in [6.45, 7) is 3.59. The molecule has 0 bridgehead atoms. The molecule has 0 aliphatic rings. The molecular weight excluding hydrogens is 464 g/mol. The number of ether oxygens (including phenoxy) is 3. The van der Waals surface area contributed by atoms with Gasteiger partial charge in [0.2, 0.25) is 5.78 Å². The normalized spacial score (nSPS) is 11.6. The highest BCUT2D eigenvalue weighted by atomic mass is 16.5. The smallest absolute Gasteiger partial charge is 0.287 e. The van der Waals surface area contributed by atoms with E-state index >= 15 is 0 Å². The van der Waals surface area contributed by atoms with Crippen molar-refractivity contribution in [2.75, 3.05) is 33.5 Å². The molecule has 3 N–H and O–H groups in total. The van der Waals surface area contributed by atoms with Crippen LogP contribution >= 0.6 is 0 Å². The maximum Gasteiger partial charge on any atom is 0.287 e. The van der Waals surface area contributed by atoms with E-state index in [4.69, 9.17) is 19.9 Å². The third-order valence-corrected chi connectivity index (χ3v) is 5.22. The molecule has 0 saturated heterocycles. The van der Waals surface area contributed by atoms with Crippen LogP contribution < -0.4 is 15.8 Å². The number of methoxy groups -OCH3 is 1. The van der Waals surface area contributed by atoms with Gasteiger partial charge in [0.1, 0.15) is 24.1 Å². The number of benzene rings is 2. The number of hydrogen-bond donors (Lipinski definition) is 2. The molecule has 0 fully saturated rings. The number of carbonyl (C=O) groups is 3. The molecule has 0 spiro atoms. The summed E-state index contributed by atoms with van der Waals surface area (Å²) in [5.74, 6) is -1.90. The van der Waals surface area contributed by atoms with Gasteiger partial charge in [-0.1, -0.05) is 30.3 Å². The zero-order chi connectivity index (χ0) is 25.9. The number of carbonyl (C=O) groups excluding carboxylic acids is 3. The summed E-state index contributed by atoms with van der Waals surface area (Å²) in [6, 6.07) is 16.6. The van der Waals surface area contributed by atoms with Crippen LogP contribution in [-0.2, 0) is 25.5 Å². The molecule has 3 aromatic rings. The van der Waals surface area contributed by atoms with Crippen molar-refractivity contribution in [3.8, 4) is 11.4 Å². The van der Waals surface area contributed by atoms with Gasteiger partial charge in [0, 0.05) is 13.5 Å². The van der Waals surface area contributed by atoms with Gasteiger partial charge in [-0.25, -0.2) is 4.68 Å². The zero-order valence-electron chi connectivity index (χ0n) is 20.3. The van der Waals surface area contributed by atoms with Crippen molar-refractivity contribution in [1.82, 2.24) is 15.1 Å². The lowest BCUT2D eigenvalue weighted by Gasteiger charge is -2.17. The highest BCUT2D eigenvalue weighted by molar-refractivity contribution is 6.38. The summed E-state index contributed by atoms with van der Waals surface area (Å²) in [6.07, 6.45) is 0.128. The summed E-state index contributed by atoms with van der Waals surface area (Å²) >= 11 is 0. The van der Waals surface area contributed by atoms with Crippen LogP contribution in [0.2, 0.25) is 0 Å². The number of aromatic nitrogens is 2. The molecule has 10 nitrogen and oxygen atoms in total. The molecule has 190 valence electrons. The van der Waals surface area contributed by atoms with E-state index in [0.29, 0.717) is 43.6 Å². The Morgan fingerprint density at radius 2 is 1.69 bits per heavy atom. The number of nitrogens with two attached hydrogens (primary N) is 1. The number of ketones is 1. The Balaban J connectivity index is 1.71. The highest BCUT2D eigenvalue weighted by Crippen LogP contribution is 2.18. The lowest BCUT2D eigenvalue weighted by Crippen LogP contribution is -2.47. The first kappa shape index (κ1) is 26.6. The first-order chi connectivity index (χ1) is 17.4. The molecule has 0 saturated carbocycles. The van der Waals surface area contributed by atoms with Gasteiger partial charge in [-0.05, 0) is 42.8 Å². The van der Waals surface area contributed by atoms with Gasteiger partial charge < -0.3 is 25.3 Å². The van der Waals surface area contributed by atoms with E-state index in [1.165, 1.54) is 4.68 Å². The summed E-state index contributed by atoms with van der Waals surface area (Å²) in [5, 5.41) is 7.06. The average molecular weight is 495 g/mol. The van der Waals surface area contributed by atoms with E-state index in [0.717, 1.165) is 5.56 Å². The fourth-order valence-electron chi connectivity index (χ4n) is 3.47.